The van der Waals surface area contributed by atoms with Gasteiger partial charge in [0.2, 0.25) is 0 Å². The zero-order chi connectivity index (χ0) is 30.1. The molecule has 18 nitrogen and oxygen atoms in total. The summed E-state index contributed by atoms with van der Waals surface area (Å²) in [5.41, 5.74) is -6.14. The molecule has 0 aromatic carbocycles. The molecule has 0 aliphatic heterocycles. The average Bonchev–Trinajstić information content (AvgIpc) is 2.66. The molecular formula is C12H31F2LiO18P4. The van der Waals surface area contributed by atoms with Crippen LogP contribution in [0.5, 0.6) is 0 Å². The van der Waals surface area contributed by atoms with Crippen LogP contribution in [-0.4, -0.2) is 109 Å². The van der Waals surface area contributed by atoms with Gasteiger partial charge in [0.05, 0.1) is 26.4 Å². The minimum atomic E-state index is -5.14. The second-order valence-corrected chi connectivity index (χ2v) is 11.5. The molecule has 222 valence electrons. The fraction of sp³-hybridized carbons (Fsp3) is 0.833. The number of halogens is 2. The zero-order valence-electron chi connectivity index (χ0n) is 19.2. The predicted molar refractivity (Wildman–Crippen MR) is 122 cm³/mol. The summed E-state index contributed by atoms with van der Waals surface area (Å²) in [7, 11) is -18.6. The predicted octanol–water partition coefficient (Wildman–Crippen LogP) is -0.372. The Morgan fingerprint density at radius 3 is 0.811 bits per heavy atom. The van der Waals surface area contributed by atoms with Gasteiger partial charge in [-0.25, -0.2) is 9.13 Å². The SMILES string of the molecule is CCOP(=O)(OCC)C(O)(O)C=O.CCOP(=O)(OCC)C(O)(O)C=O.O=P(O)(O)F.O=P(O)(O)F.[LiH]. The minimum absolute atomic E-state index is 0. The molecular weight excluding hydrogens is 601 g/mol. The number of carbonyl (C=O) groups is 2. The van der Waals surface area contributed by atoms with Crippen molar-refractivity contribution in [1.82, 2.24) is 0 Å². The third kappa shape index (κ3) is 26.2. The molecule has 0 bridgehead atoms. The summed E-state index contributed by atoms with van der Waals surface area (Å²) in [6.45, 7) is 5.78. The van der Waals surface area contributed by atoms with E-state index in [9.17, 15) is 27.1 Å². The summed E-state index contributed by atoms with van der Waals surface area (Å²) >= 11 is 0. The van der Waals surface area contributed by atoms with Crippen molar-refractivity contribution in [1.29, 1.82) is 0 Å². The second kappa shape index (κ2) is 21.0. The van der Waals surface area contributed by atoms with Crippen LogP contribution in [0.3, 0.4) is 0 Å². The maximum absolute atomic E-state index is 11.5. The van der Waals surface area contributed by atoms with Crippen LogP contribution in [0.25, 0.3) is 0 Å². The van der Waals surface area contributed by atoms with Gasteiger partial charge in [-0.05, 0) is 27.7 Å². The third-order valence-electron chi connectivity index (χ3n) is 2.32. The van der Waals surface area contributed by atoms with Crippen molar-refractivity contribution in [2.45, 2.75) is 38.8 Å². The van der Waals surface area contributed by atoms with Crippen LogP contribution in [0.4, 0.5) is 8.39 Å². The molecule has 8 N–H and O–H groups in total. The Hall–Kier alpha value is 0.237. The van der Waals surface area contributed by atoms with Crippen molar-refractivity contribution >= 4 is 62.4 Å². The number of aliphatic hydroxyl groups is 4. The van der Waals surface area contributed by atoms with Crippen LogP contribution in [0, 0.1) is 0 Å². The molecule has 0 aromatic heterocycles. The first-order valence-electron chi connectivity index (χ1n) is 8.97. The van der Waals surface area contributed by atoms with Crippen molar-refractivity contribution < 1.29 is 94.3 Å². The molecule has 0 fully saturated rings. The first-order chi connectivity index (χ1) is 15.9. The molecule has 0 saturated carbocycles. The molecule has 0 heterocycles. The third-order valence-corrected chi connectivity index (χ3v) is 6.53. The number of hydrogen-bond donors (Lipinski definition) is 8. The summed E-state index contributed by atoms with van der Waals surface area (Å²) in [4.78, 5) is 48.2. The van der Waals surface area contributed by atoms with E-state index >= 15 is 0 Å². The van der Waals surface area contributed by atoms with Crippen LogP contribution >= 0.6 is 31.0 Å². The van der Waals surface area contributed by atoms with Crippen LogP contribution < -0.4 is 0 Å². The van der Waals surface area contributed by atoms with Gasteiger partial charge < -0.3 is 38.5 Å². The van der Waals surface area contributed by atoms with E-state index in [4.69, 9.17) is 49.1 Å². The molecule has 0 rings (SSSR count). The van der Waals surface area contributed by atoms with E-state index in [1.54, 1.807) is 0 Å². The molecule has 37 heavy (non-hydrogen) atoms. The monoisotopic (exact) mass is 632 g/mol. The normalized spacial score (nSPS) is 12.3. The van der Waals surface area contributed by atoms with Gasteiger partial charge >= 0.3 is 60.9 Å². The first-order valence-corrected chi connectivity index (χ1v) is 15.1. The molecule has 0 saturated heterocycles. The Kier molecular flexibility index (Phi) is 26.8. The second-order valence-electron chi connectivity index (χ2n) is 5.22. The Morgan fingerprint density at radius 1 is 0.595 bits per heavy atom. The summed E-state index contributed by atoms with van der Waals surface area (Å²) in [5, 5.41) is 35.9. The standard InChI is InChI=1S/2C6H13O6P.2FH2O3P.Li.H/c2*1-3-11-13(10,12-4-2)6(8,9)5-7;2*1-5(2,3)4;;/h2*5,8-9H,3-4H2,1-2H3;2*(H2,2,3,4);;. The topological polar surface area (TPSA) is 301 Å². The van der Waals surface area contributed by atoms with Crippen molar-refractivity contribution in [3.8, 4) is 0 Å². The fourth-order valence-electron chi connectivity index (χ4n) is 1.26. The van der Waals surface area contributed by atoms with Gasteiger partial charge in [-0.1, -0.05) is 0 Å². The van der Waals surface area contributed by atoms with Crippen LogP contribution in [0.2, 0.25) is 0 Å². The molecule has 0 aliphatic rings. The summed E-state index contributed by atoms with van der Waals surface area (Å²) in [6, 6.07) is 0. The molecule has 25 heteroatoms. The quantitative estimate of drug-likeness (QED) is 0.0589. The van der Waals surface area contributed by atoms with E-state index in [1.807, 2.05) is 0 Å². The van der Waals surface area contributed by atoms with E-state index in [0.717, 1.165) is 0 Å². The van der Waals surface area contributed by atoms with E-state index in [1.165, 1.54) is 27.7 Å². The van der Waals surface area contributed by atoms with E-state index in [0.29, 0.717) is 0 Å². The first kappa shape index (κ1) is 47.1. The molecule has 0 radical (unpaired) electrons. The van der Waals surface area contributed by atoms with Crippen molar-refractivity contribution in [3.63, 3.8) is 0 Å². The van der Waals surface area contributed by atoms with E-state index in [2.05, 4.69) is 18.1 Å². The van der Waals surface area contributed by atoms with Gasteiger partial charge in [0.15, 0.2) is 12.6 Å². The number of rotatable bonds is 12. The fourth-order valence-corrected chi connectivity index (χ4v) is 3.79. The maximum atomic E-state index is 11.5. The van der Waals surface area contributed by atoms with Crippen molar-refractivity contribution in [2.75, 3.05) is 26.4 Å². The number of carbonyl (C=O) groups excluding carboxylic acids is 2. The van der Waals surface area contributed by atoms with Crippen LogP contribution in [-0.2, 0) is 45.9 Å². The van der Waals surface area contributed by atoms with Gasteiger partial charge in [-0.3, -0.25) is 38.3 Å². The summed E-state index contributed by atoms with van der Waals surface area (Å²) < 4.78 is 79.1. The van der Waals surface area contributed by atoms with Crippen LogP contribution in [0.1, 0.15) is 27.7 Å². The van der Waals surface area contributed by atoms with E-state index < -0.39 is 42.1 Å². The number of hydrogen-bond acceptors (Lipinski definition) is 14. The van der Waals surface area contributed by atoms with Gasteiger partial charge in [0, 0.05) is 0 Å². The Labute approximate surface area is 222 Å². The molecule has 0 atom stereocenters. The van der Waals surface area contributed by atoms with Gasteiger partial charge in [0.1, 0.15) is 0 Å². The molecule has 0 aromatic rings. The van der Waals surface area contributed by atoms with Gasteiger partial charge in [0.25, 0.3) is 0 Å². The summed E-state index contributed by atoms with van der Waals surface area (Å²) in [6.07, 6.45) is -0.557. The van der Waals surface area contributed by atoms with Crippen LogP contribution in [0.15, 0.2) is 0 Å². The molecule has 0 amide bonds. The van der Waals surface area contributed by atoms with Gasteiger partial charge in [-0.2, -0.15) is 0 Å². The average molecular weight is 632 g/mol. The Bertz CT molecular complexity index is 712. The Morgan fingerprint density at radius 2 is 0.730 bits per heavy atom. The Balaban J connectivity index is -0.000000133. The van der Waals surface area contributed by atoms with Gasteiger partial charge in [-0.15, -0.1) is 8.39 Å². The molecule has 0 spiro atoms. The number of aldehydes is 2. The molecule has 0 aliphatic carbocycles. The van der Waals surface area contributed by atoms with E-state index in [-0.39, 0.29) is 57.9 Å². The summed E-state index contributed by atoms with van der Waals surface area (Å²) in [5.74, 6) is 0. The zero-order valence-corrected chi connectivity index (χ0v) is 22.8. The van der Waals surface area contributed by atoms with Crippen molar-refractivity contribution in [3.05, 3.63) is 0 Å². The van der Waals surface area contributed by atoms with Crippen molar-refractivity contribution in [2.24, 2.45) is 0 Å². The molecule has 0 unspecified atom stereocenters.